The SMILES string of the molecule is CC(C)(C)c1cc2c3cc(C(C)(C)C)cc4c5cc(C(C)(C)C)cc6c7c(C(C)(C)C)cc8c9nc%10cc(C#N)c(C#N)cc%10nc9c9cc(C(C)(C)C)c%10c%11cc(C(C)(C)C)cc%12c(c1)c2c1c(c34)c(c56)c2c7c8c9c%10c2c1c%12%11. The van der Waals surface area contributed by atoms with Crippen LogP contribution in [-0.2, 0) is 32.5 Å². The van der Waals surface area contributed by atoms with Crippen LogP contribution in [0, 0.1) is 22.7 Å². The second kappa shape index (κ2) is 14.0. The van der Waals surface area contributed by atoms with Gasteiger partial charge in [-0.3, -0.25) is 0 Å². The van der Waals surface area contributed by atoms with Crippen molar-refractivity contribution >= 4 is 162 Å². The highest BCUT2D eigenvalue weighted by atomic mass is 14.8. The van der Waals surface area contributed by atoms with Crippen molar-refractivity contribution in [2.24, 2.45) is 0 Å². The molecule has 390 valence electrons. The van der Waals surface area contributed by atoms with Crippen LogP contribution in [0.1, 0.15) is 169 Å². The lowest BCUT2D eigenvalue weighted by Crippen LogP contribution is -2.16. The van der Waals surface area contributed by atoms with Gasteiger partial charge in [0, 0.05) is 21.5 Å². The molecule has 0 fully saturated rings. The number of nitrogens with zero attached hydrogens (tertiary/aromatic N) is 4. The van der Waals surface area contributed by atoms with Crippen molar-refractivity contribution in [2.75, 3.05) is 0 Å². The maximum atomic E-state index is 10.4. The van der Waals surface area contributed by atoms with Crippen LogP contribution in [0.15, 0.2) is 72.8 Å². The number of fused-ring (bicyclic) bond motifs is 9. The van der Waals surface area contributed by atoms with Gasteiger partial charge in [-0.25, -0.2) is 9.97 Å². The van der Waals surface area contributed by atoms with E-state index in [1.54, 1.807) is 12.1 Å². The van der Waals surface area contributed by atoms with E-state index < -0.39 is 0 Å². The summed E-state index contributed by atoms with van der Waals surface area (Å²) in [7, 11) is 0. The molecule has 0 N–H and O–H groups in total. The minimum atomic E-state index is -0.300. The highest BCUT2D eigenvalue weighted by molar-refractivity contribution is 6.63. The van der Waals surface area contributed by atoms with Gasteiger partial charge in [-0.2, -0.15) is 10.5 Å². The van der Waals surface area contributed by atoms with E-state index >= 15 is 0 Å². The Morgan fingerprint density at radius 3 is 0.738 bits per heavy atom. The number of nitriles is 2. The van der Waals surface area contributed by atoms with Gasteiger partial charge in [0.15, 0.2) is 0 Å². The molecular formula is C76H66N4. The van der Waals surface area contributed by atoms with Crippen LogP contribution in [0.3, 0.4) is 0 Å². The fourth-order valence-electron chi connectivity index (χ4n) is 15.5. The third kappa shape index (κ3) is 5.61. The zero-order valence-corrected chi connectivity index (χ0v) is 49.7. The van der Waals surface area contributed by atoms with Gasteiger partial charge in [0.25, 0.3) is 0 Å². The number of aromatic nitrogens is 2. The first-order valence-corrected chi connectivity index (χ1v) is 29.0. The van der Waals surface area contributed by atoms with E-state index in [0.717, 1.165) is 21.8 Å². The Hall–Kier alpha value is -7.92. The van der Waals surface area contributed by atoms with E-state index in [-0.39, 0.29) is 32.5 Å². The molecule has 15 aromatic carbocycles. The van der Waals surface area contributed by atoms with Crippen LogP contribution in [0.25, 0.3) is 162 Å². The zero-order chi connectivity index (χ0) is 56.3. The lowest BCUT2D eigenvalue weighted by Gasteiger charge is -2.35. The lowest BCUT2D eigenvalue weighted by molar-refractivity contribution is 0.590. The van der Waals surface area contributed by atoms with Crippen molar-refractivity contribution in [1.82, 2.24) is 9.97 Å². The molecular weight excluding hydrogens is 969 g/mol. The van der Waals surface area contributed by atoms with E-state index in [4.69, 9.17) is 9.97 Å². The van der Waals surface area contributed by atoms with E-state index in [0.29, 0.717) is 22.2 Å². The van der Waals surface area contributed by atoms with Gasteiger partial charge < -0.3 is 0 Å². The molecule has 0 unspecified atom stereocenters. The highest BCUT2D eigenvalue weighted by Crippen LogP contribution is 2.64. The first-order valence-electron chi connectivity index (χ1n) is 29.0. The van der Waals surface area contributed by atoms with E-state index in [9.17, 15) is 10.5 Å². The fourth-order valence-corrected chi connectivity index (χ4v) is 15.5. The second-order valence-corrected chi connectivity index (χ2v) is 30.8. The molecule has 16 rings (SSSR count). The minimum absolute atomic E-state index is 0.118. The molecule has 0 aliphatic heterocycles. The van der Waals surface area contributed by atoms with Gasteiger partial charge in [-0.05, 0) is 257 Å². The highest BCUT2D eigenvalue weighted by Gasteiger charge is 2.38. The van der Waals surface area contributed by atoms with Crippen molar-refractivity contribution < 1.29 is 0 Å². The Bertz CT molecular complexity index is 5230. The molecule has 4 nitrogen and oxygen atoms in total. The standard InChI is InChI=1S/C76H66N4/c1-71(2,3)35-21-39-40-22-36(72(4,5)6)24-42-44-26-38(74(10,11)12)28-46-56(44)64-62(54(40)42)61-53(39)41(23-35)43-25-37(73(7,8)9)27-45-55(43)63(61)67-65-57(45)49(75(13,14)15)29-47-59(65)60-48(30-50(76(16,17)18)58(46)66(60)68(64)67)70-69(47)79-51-19-33(31-77)34(32-78)20-52(51)80-70/h19-30H,1-18H3. The van der Waals surface area contributed by atoms with Crippen molar-refractivity contribution in [1.29, 1.82) is 10.5 Å². The van der Waals surface area contributed by atoms with Crippen LogP contribution in [0.2, 0.25) is 0 Å². The van der Waals surface area contributed by atoms with Gasteiger partial charge in [0.2, 0.25) is 0 Å². The van der Waals surface area contributed by atoms with Crippen molar-refractivity contribution in [3.8, 4) is 12.1 Å². The molecule has 0 atom stereocenters. The first kappa shape index (κ1) is 48.0. The maximum Gasteiger partial charge on any atom is 0.101 e. The first-order chi connectivity index (χ1) is 37.4. The minimum Gasteiger partial charge on any atom is -0.244 e. The molecule has 1 aromatic heterocycles. The van der Waals surface area contributed by atoms with Crippen LogP contribution in [-0.4, -0.2) is 9.97 Å². The molecule has 1 heterocycles. The van der Waals surface area contributed by atoms with E-state index in [1.165, 1.54) is 163 Å². The van der Waals surface area contributed by atoms with Gasteiger partial charge in [0.05, 0.1) is 33.2 Å². The summed E-state index contributed by atoms with van der Waals surface area (Å²) in [5, 5.41) is 55.3. The third-order valence-corrected chi connectivity index (χ3v) is 19.5. The van der Waals surface area contributed by atoms with Gasteiger partial charge >= 0.3 is 0 Å². The number of benzene rings is 15. The molecule has 0 aliphatic carbocycles. The molecule has 0 spiro atoms. The van der Waals surface area contributed by atoms with Gasteiger partial charge in [-0.1, -0.05) is 125 Å². The summed E-state index contributed by atoms with van der Waals surface area (Å²) >= 11 is 0. The summed E-state index contributed by atoms with van der Waals surface area (Å²) in [6.45, 7) is 43.0. The Morgan fingerprint density at radius 1 is 0.250 bits per heavy atom. The summed E-state index contributed by atoms with van der Waals surface area (Å²) in [5.41, 5.74) is 10.3. The molecule has 0 radical (unpaired) electrons. The number of hydrogen-bond acceptors (Lipinski definition) is 4. The summed E-state index contributed by atoms with van der Waals surface area (Å²) in [6.07, 6.45) is 0. The molecule has 80 heavy (non-hydrogen) atoms. The third-order valence-electron chi connectivity index (χ3n) is 19.5. The largest absolute Gasteiger partial charge is 0.244 e. The summed E-state index contributed by atoms with van der Waals surface area (Å²) in [4.78, 5) is 11.3. The average Bonchev–Trinajstić information content (AvgIpc) is 2.27. The molecule has 0 amide bonds. The lowest BCUT2D eigenvalue weighted by atomic mass is 9.68. The summed E-state index contributed by atoms with van der Waals surface area (Å²) < 4.78 is 0. The van der Waals surface area contributed by atoms with E-state index in [2.05, 4.69) is 197 Å². The fraction of sp³-hybridized carbons (Fsp3) is 0.316. The monoisotopic (exact) mass is 1030 g/mol. The predicted molar refractivity (Wildman–Crippen MR) is 345 cm³/mol. The Labute approximate surface area is 466 Å². The Balaban J connectivity index is 1.37. The van der Waals surface area contributed by atoms with Crippen LogP contribution in [0.5, 0.6) is 0 Å². The smallest absolute Gasteiger partial charge is 0.101 e. The quantitative estimate of drug-likeness (QED) is 0.112. The molecule has 0 saturated carbocycles. The topological polar surface area (TPSA) is 73.4 Å². The van der Waals surface area contributed by atoms with Crippen LogP contribution in [0.4, 0.5) is 0 Å². The van der Waals surface area contributed by atoms with Crippen molar-refractivity contribution in [2.45, 2.75) is 157 Å². The van der Waals surface area contributed by atoms with Crippen molar-refractivity contribution in [3.05, 3.63) is 117 Å². The molecule has 0 saturated heterocycles. The van der Waals surface area contributed by atoms with Gasteiger partial charge in [-0.15, -0.1) is 0 Å². The van der Waals surface area contributed by atoms with Gasteiger partial charge in [0.1, 0.15) is 12.1 Å². The molecule has 16 aromatic rings. The summed E-state index contributed by atoms with van der Waals surface area (Å²) in [5.74, 6) is 0. The molecule has 4 heteroatoms. The predicted octanol–water partition coefficient (Wildman–Crippen LogP) is 21.4. The normalized spacial score (nSPS) is 14.3. The Morgan fingerprint density at radius 2 is 0.487 bits per heavy atom. The zero-order valence-electron chi connectivity index (χ0n) is 49.7. The van der Waals surface area contributed by atoms with Crippen LogP contribution < -0.4 is 0 Å². The van der Waals surface area contributed by atoms with E-state index in [1.807, 2.05) is 0 Å². The molecule has 0 bridgehead atoms. The average molecular weight is 1040 g/mol. The Kier molecular flexibility index (Phi) is 8.39. The second-order valence-electron chi connectivity index (χ2n) is 30.8. The van der Waals surface area contributed by atoms with Crippen LogP contribution >= 0.6 is 0 Å². The molecule has 0 aliphatic rings. The maximum absolute atomic E-state index is 10.4. The number of hydrogen-bond donors (Lipinski definition) is 0. The van der Waals surface area contributed by atoms with Crippen molar-refractivity contribution in [3.63, 3.8) is 0 Å². The number of rotatable bonds is 0. The summed E-state index contributed by atoms with van der Waals surface area (Å²) in [6, 6.07) is 33.9.